The Morgan fingerprint density at radius 3 is 2.56 bits per heavy atom. The zero-order valence-corrected chi connectivity index (χ0v) is 17.0. The normalized spacial score (nSPS) is 23.6. The highest BCUT2D eigenvalue weighted by atomic mass is 16.1. The van der Waals surface area contributed by atoms with E-state index in [1.165, 1.54) is 0 Å². The number of rotatable bonds is 6. The summed E-state index contributed by atoms with van der Waals surface area (Å²) in [5.74, 6) is 0.808. The van der Waals surface area contributed by atoms with E-state index >= 15 is 0 Å². The number of aliphatic imine (C=N–C) groups is 2. The summed E-state index contributed by atoms with van der Waals surface area (Å²) < 4.78 is 0. The fourth-order valence-electron chi connectivity index (χ4n) is 4.07. The minimum absolute atomic E-state index is 0.000231. The average molecular weight is 372 g/mol. The van der Waals surface area contributed by atoms with Crippen LogP contribution in [-0.2, 0) is 4.79 Å². The summed E-state index contributed by atoms with van der Waals surface area (Å²) in [6, 6.07) is -0.0373. The van der Waals surface area contributed by atoms with Gasteiger partial charge in [-0.05, 0) is 49.8 Å². The summed E-state index contributed by atoms with van der Waals surface area (Å²) in [6.45, 7) is 11.4. The number of nitrogens with one attached hydrogen (secondary N) is 1. The number of aldehydes is 1. The lowest BCUT2D eigenvalue weighted by atomic mass is 9.72. The lowest BCUT2D eigenvalue weighted by Gasteiger charge is -2.42. The maximum Gasteiger partial charge on any atom is 0.185 e. The molecule has 1 heterocycles. The van der Waals surface area contributed by atoms with E-state index in [0.29, 0.717) is 11.8 Å². The number of allylic oxidation sites excluding steroid dienone is 3. The molecule has 2 aliphatic rings. The molecule has 0 bridgehead atoms. The SMILES string of the molecule is C=NC1=C(/C=C\C)C(N)C2(CCN(C(C=O)=N/C=C(\NC)C(C)C)CC2)C1. The molecule has 148 valence electrons. The molecule has 0 aromatic heterocycles. The molecule has 1 unspecified atom stereocenters. The number of hydrogen-bond acceptors (Lipinski definition) is 5. The first-order valence-corrected chi connectivity index (χ1v) is 9.66. The van der Waals surface area contributed by atoms with Crippen LogP contribution in [0.5, 0.6) is 0 Å². The number of nitrogens with two attached hydrogens (primary N) is 1. The third-order valence-electron chi connectivity index (χ3n) is 5.82. The van der Waals surface area contributed by atoms with Gasteiger partial charge in [-0.1, -0.05) is 26.0 Å². The number of hydrogen-bond donors (Lipinski definition) is 2. The summed E-state index contributed by atoms with van der Waals surface area (Å²) in [4.78, 5) is 22.3. The van der Waals surface area contributed by atoms with E-state index in [9.17, 15) is 4.79 Å². The smallest absolute Gasteiger partial charge is 0.185 e. The van der Waals surface area contributed by atoms with Crippen molar-refractivity contribution in [1.82, 2.24) is 10.2 Å². The Morgan fingerprint density at radius 2 is 2.07 bits per heavy atom. The van der Waals surface area contributed by atoms with Gasteiger partial charge in [0.05, 0.1) is 0 Å². The highest BCUT2D eigenvalue weighted by Gasteiger charge is 2.46. The van der Waals surface area contributed by atoms with E-state index in [2.05, 4.69) is 46.8 Å². The van der Waals surface area contributed by atoms with Crippen LogP contribution in [0.15, 0.2) is 45.3 Å². The molecule has 27 heavy (non-hydrogen) atoms. The molecule has 6 heteroatoms. The molecule has 1 spiro atoms. The molecule has 3 N–H and O–H groups in total. The lowest BCUT2D eigenvalue weighted by molar-refractivity contribution is -0.103. The summed E-state index contributed by atoms with van der Waals surface area (Å²) in [5, 5.41) is 3.13. The molecule has 0 radical (unpaired) electrons. The fourth-order valence-corrected chi connectivity index (χ4v) is 4.07. The molecule has 0 amide bonds. The van der Waals surface area contributed by atoms with E-state index in [4.69, 9.17) is 5.73 Å². The molecule has 2 rings (SSSR count). The van der Waals surface area contributed by atoms with Crippen LogP contribution in [0.1, 0.15) is 40.0 Å². The fraction of sp³-hybridized carbons (Fsp3) is 0.571. The first-order chi connectivity index (χ1) is 12.9. The van der Waals surface area contributed by atoms with E-state index in [0.717, 1.165) is 55.6 Å². The van der Waals surface area contributed by atoms with Gasteiger partial charge in [0.15, 0.2) is 12.1 Å². The number of piperidine rings is 1. The second-order valence-corrected chi connectivity index (χ2v) is 7.66. The minimum atomic E-state index is -0.0373. The van der Waals surface area contributed by atoms with Crippen molar-refractivity contribution in [2.45, 2.75) is 46.1 Å². The van der Waals surface area contributed by atoms with Crippen LogP contribution in [-0.4, -0.2) is 49.9 Å². The first-order valence-electron chi connectivity index (χ1n) is 9.66. The highest BCUT2D eigenvalue weighted by molar-refractivity contribution is 6.27. The topological polar surface area (TPSA) is 83.1 Å². The van der Waals surface area contributed by atoms with Crippen molar-refractivity contribution in [2.24, 2.45) is 27.1 Å². The molecular weight excluding hydrogens is 338 g/mol. The first kappa shape index (κ1) is 21.1. The molecule has 1 saturated heterocycles. The van der Waals surface area contributed by atoms with Gasteiger partial charge in [0.2, 0.25) is 0 Å². The molecule has 1 aliphatic carbocycles. The largest absolute Gasteiger partial charge is 0.390 e. The van der Waals surface area contributed by atoms with Gasteiger partial charge in [-0.25, -0.2) is 4.99 Å². The van der Waals surface area contributed by atoms with Crippen molar-refractivity contribution in [3.8, 4) is 0 Å². The van der Waals surface area contributed by atoms with Crippen LogP contribution in [0.25, 0.3) is 0 Å². The Hall–Kier alpha value is -2.21. The number of amidine groups is 1. The maximum absolute atomic E-state index is 11.6. The van der Waals surface area contributed by atoms with Crippen LogP contribution < -0.4 is 11.1 Å². The summed E-state index contributed by atoms with van der Waals surface area (Å²) in [5.41, 5.74) is 9.73. The summed E-state index contributed by atoms with van der Waals surface area (Å²) in [7, 11) is 1.87. The zero-order chi connectivity index (χ0) is 20.0. The molecule has 1 atom stereocenters. The van der Waals surface area contributed by atoms with Crippen molar-refractivity contribution in [1.29, 1.82) is 0 Å². The molecular formula is C21H33N5O. The predicted molar refractivity (Wildman–Crippen MR) is 113 cm³/mol. The van der Waals surface area contributed by atoms with E-state index < -0.39 is 0 Å². The lowest BCUT2D eigenvalue weighted by Crippen LogP contribution is -2.49. The van der Waals surface area contributed by atoms with Crippen molar-refractivity contribution in [2.75, 3.05) is 20.1 Å². The molecule has 0 saturated carbocycles. The average Bonchev–Trinajstić information content (AvgIpc) is 2.92. The number of nitrogens with zero attached hydrogens (tertiary/aromatic N) is 3. The Kier molecular flexibility index (Phi) is 7.13. The van der Waals surface area contributed by atoms with Gasteiger partial charge in [-0.3, -0.25) is 9.79 Å². The standard InChI is InChI=1S/C21H33N5O/c1-6-7-16-17(23-4)12-21(20(16)22)8-10-26(11-9-21)19(14-27)25-13-18(24-5)15(2)3/h6-7,13-15,20,24H,4,8-12,22H2,1-3,5H3/b7-6-,18-13-,25-19?. The highest BCUT2D eigenvalue weighted by Crippen LogP contribution is 2.48. The molecule has 1 fully saturated rings. The van der Waals surface area contributed by atoms with E-state index in [-0.39, 0.29) is 11.5 Å². The van der Waals surface area contributed by atoms with Gasteiger partial charge >= 0.3 is 0 Å². The van der Waals surface area contributed by atoms with E-state index in [1.54, 1.807) is 6.20 Å². The second-order valence-electron chi connectivity index (χ2n) is 7.66. The quantitative estimate of drug-likeness (QED) is 0.427. The van der Waals surface area contributed by atoms with Crippen molar-refractivity contribution in [3.05, 3.63) is 35.3 Å². The molecule has 1 aliphatic heterocycles. The van der Waals surface area contributed by atoms with Crippen LogP contribution in [0.2, 0.25) is 0 Å². The molecule has 0 aromatic carbocycles. The Balaban J connectivity index is 2.12. The Labute approximate surface area is 163 Å². The van der Waals surface area contributed by atoms with Gasteiger partial charge in [0.1, 0.15) is 0 Å². The van der Waals surface area contributed by atoms with Gasteiger partial charge in [0.25, 0.3) is 0 Å². The van der Waals surface area contributed by atoms with Crippen molar-refractivity contribution in [3.63, 3.8) is 0 Å². The van der Waals surface area contributed by atoms with Crippen molar-refractivity contribution >= 4 is 18.8 Å². The predicted octanol–water partition coefficient (Wildman–Crippen LogP) is 2.64. The third-order valence-corrected chi connectivity index (χ3v) is 5.82. The Morgan fingerprint density at radius 1 is 1.41 bits per heavy atom. The number of likely N-dealkylation sites (tertiary alicyclic amines) is 1. The summed E-state index contributed by atoms with van der Waals surface area (Å²) in [6.07, 6.45) is 9.34. The van der Waals surface area contributed by atoms with Crippen LogP contribution in [0.4, 0.5) is 0 Å². The Bertz CT molecular complexity index is 679. The van der Waals surface area contributed by atoms with Crippen molar-refractivity contribution < 1.29 is 4.79 Å². The van der Waals surface area contributed by atoms with Gasteiger partial charge in [-0.2, -0.15) is 0 Å². The number of carbonyl (C=O) groups excluding carboxylic acids is 1. The van der Waals surface area contributed by atoms with Gasteiger partial charge in [0, 0.05) is 43.8 Å². The molecule has 6 nitrogen and oxygen atoms in total. The van der Waals surface area contributed by atoms with Crippen LogP contribution in [0, 0.1) is 11.3 Å². The maximum atomic E-state index is 11.6. The monoisotopic (exact) mass is 371 g/mol. The van der Waals surface area contributed by atoms with E-state index in [1.807, 2.05) is 20.0 Å². The zero-order valence-electron chi connectivity index (χ0n) is 17.0. The third kappa shape index (κ3) is 4.38. The van der Waals surface area contributed by atoms with Crippen LogP contribution >= 0.6 is 0 Å². The summed E-state index contributed by atoms with van der Waals surface area (Å²) >= 11 is 0. The minimum Gasteiger partial charge on any atom is -0.390 e. The number of carbonyl (C=O) groups is 1. The second kappa shape index (κ2) is 9.13. The van der Waals surface area contributed by atoms with Gasteiger partial charge in [-0.15, -0.1) is 0 Å². The van der Waals surface area contributed by atoms with Crippen LogP contribution in [0.3, 0.4) is 0 Å². The molecule has 0 aromatic rings. The van der Waals surface area contributed by atoms with Gasteiger partial charge < -0.3 is 16.0 Å².